The van der Waals surface area contributed by atoms with Crippen molar-refractivity contribution in [2.24, 2.45) is 5.73 Å². The molecule has 39 heteroatoms. The van der Waals surface area contributed by atoms with E-state index in [0.717, 1.165) is 105 Å². The van der Waals surface area contributed by atoms with Crippen LogP contribution >= 0.6 is 57.7 Å². The fourth-order valence-electron chi connectivity index (χ4n) is 11.1. The molecule has 125 heavy (non-hydrogen) atoms. The first-order valence-corrected chi connectivity index (χ1v) is 40.6. The molecular formula is C86H98B2ClFN19O12S4. The molecule has 0 saturated carbocycles. The zero-order chi connectivity index (χ0) is 86.6. The van der Waals surface area contributed by atoms with Crippen LogP contribution in [0.25, 0.3) is 74.8 Å². The van der Waals surface area contributed by atoms with Crippen LogP contribution in [-0.4, -0.2) is 169 Å². The molecule has 13 N–H and O–H groups in total. The number of hydrogen-bond acceptors (Lipinski definition) is 31. The van der Waals surface area contributed by atoms with Crippen LogP contribution in [0.2, 0.25) is 4.47 Å². The van der Waals surface area contributed by atoms with Gasteiger partial charge in [-0.25, -0.2) is 14.4 Å². The smallest absolute Gasteiger partial charge is 0.488 e. The Kier molecular flexibility index (Phi) is 39.2. The van der Waals surface area contributed by atoms with Crippen LogP contribution in [-0.2, 0) is 38.3 Å². The van der Waals surface area contributed by atoms with Gasteiger partial charge in [-0.3, -0.25) is 34.8 Å². The Balaban J connectivity index is 0.000000281. The average molecular weight is 1800 g/mol. The quantitative estimate of drug-likeness (QED) is 0.0299. The summed E-state index contributed by atoms with van der Waals surface area (Å²) in [5.74, 6) is 2.02. The minimum absolute atomic E-state index is 0. The van der Waals surface area contributed by atoms with E-state index < -0.39 is 54.5 Å². The molecule has 0 fully saturated rings. The zero-order valence-electron chi connectivity index (χ0n) is 68.0. The molecule has 0 saturated heterocycles. The molecule has 0 aliphatic carbocycles. The highest BCUT2D eigenvalue weighted by Gasteiger charge is 2.28. The summed E-state index contributed by atoms with van der Waals surface area (Å²) in [6.45, 7) is 11.0. The van der Waals surface area contributed by atoms with Crippen molar-refractivity contribution < 1.29 is 64.1 Å². The predicted octanol–water partition coefficient (Wildman–Crippen LogP) is 15.1. The number of carbonyl (C=O) groups excluding carboxylic acids is 3. The maximum Gasteiger partial charge on any atom is 0.488 e. The summed E-state index contributed by atoms with van der Waals surface area (Å²) < 4.78 is 42.5. The maximum atomic E-state index is 13.2. The molecule has 8 aromatic heterocycles. The fourth-order valence-corrected chi connectivity index (χ4v) is 13.5. The molecule has 8 heterocycles. The number of nitrogens with two attached hydrogens (primary N) is 3. The summed E-state index contributed by atoms with van der Waals surface area (Å²) in [6.07, 6.45) is 14.0. The van der Waals surface area contributed by atoms with Gasteiger partial charge in [-0.1, -0.05) is 106 Å². The number of carboxylic acid groups (broad SMARTS) is 1. The Hall–Kier alpha value is -13.1. The van der Waals surface area contributed by atoms with Crippen LogP contribution < -0.4 is 58.1 Å². The predicted molar refractivity (Wildman–Crippen MR) is 500 cm³/mol. The maximum absolute atomic E-state index is 13.2. The first-order valence-electron chi connectivity index (χ1n) is 37.2. The molecule has 653 valence electrons. The molecule has 3 radical (unpaired) electrons. The summed E-state index contributed by atoms with van der Waals surface area (Å²) in [6, 6.07) is 51.4. The van der Waals surface area contributed by atoms with Crippen molar-refractivity contribution in [1.82, 2.24) is 68.0 Å². The molecule has 0 bridgehead atoms. The summed E-state index contributed by atoms with van der Waals surface area (Å²) in [5.41, 5.74) is 21.7. The van der Waals surface area contributed by atoms with Gasteiger partial charge < -0.3 is 72.0 Å². The number of carboxylic acids is 1. The number of pyridine rings is 4. The lowest BCUT2D eigenvalue weighted by Crippen LogP contribution is -2.47. The molecule has 0 aliphatic heterocycles. The lowest BCUT2D eigenvalue weighted by Gasteiger charge is -2.23. The number of halogens is 2. The van der Waals surface area contributed by atoms with Crippen molar-refractivity contribution >= 4 is 170 Å². The van der Waals surface area contributed by atoms with E-state index in [1.807, 2.05) is 116 Å². The molecule has 31 nitrogen and oxygen atoms in total. The molecule has 3 amide bonds. The highest BCUT2D eigenvalue weighted by atomic mass is 35.5. The van der Waals surface area contributed by atoms with Gasteiger partial charge in [-0.2, -0.15) is 37.4 Å². The number of aliphatic carboxylic acids is 1. The molecule has 3 atom stereocenters. The first-order chi connectivity index (χ1) is 58.0. The number of methoxy groups -OCH3 is 3. The molecule has 7 aromatic carbocycles. The Morgan fingerprint density at radius 2 is 0.832 bits per heavy atom. The number of benzene rings is 7. The summed E-state index contributed by atoms with van der Waals surface area (Å²) in [5, 5.41) is 48.9. The van der Waals surface area contributed by atoms with Crippen LogP contribution in [0.15, 0.2) is 219 Å². The molecular weight excluding hydrogens is 1700 g/mol. The van der Waals surface area contributed by atoms with E-state index in [4.69, 9.17) is 62.5 Å². The monoisotopic (exact) mass is 1790 g/mol. The van der Waals surface area contributed by atoms with Gasteiger partial charge in [-0.05, 0) is 222 Å². The number of anilines is 4. The van der Waals surface area contributed by atoms with Gasteiger partial charge in [0.15, 0.2) is 0 Å². The van der Waals surface area contributed by atoms with Gasteiger partial charge in [-0.15, -0.1) is 0 Å². The van der Waals surface area contributed by atoms with E-state index in [1.54, 1.807) is 149 Å². The highest BCUT2D eigenvalue weighted by Crippen LogP contribution is 2.31. The Labute approximate surface area is 747 Å². The topological polar surface area (TPSA) is 456 Å². The Morgan fingerprint density at radius 3 is 1.20 bits per heavy atom. The van der Waals surface area contributed by atoms with Crippen molar-refractivity contribution in [2.45, 2.75) is 105 Å². The van der Waals surface area contributed by atoms with E-state index in [1.165, 1.54) is 40.2 Å². The number of alkyl carbamates (subject to hydrolysis) is 2. The second-order valence-electron chi connectivity index (χ2n) is 28.4. The molecule has 0 aliphatic rings. The number of aromatic nitrogens is 12. The molecule has 15 aromatic rings. The first kappa shape index (κ1) is 101. The van der Waals surface area contributed by atoms with E-state index in [9.17, 15) is 24.3 Å². The number of nitrogens with one attached hydrogen (secondary N) is 4. The molecule has 0 unspecified atom stereocenters. The summed E-state index contributed by atoms with van der Waals surface area (Å²) >= 11 is 10.3. The van der Waals surface area contributed by atoms with Gasteiger partial charge in [0, 0.05) is 129 Å². The third kappa shape index (κ3) is 32.3. The van der Waals surface area contributed by atoms with E-state index >= 15 is 0 Å². The third-order valence-corrected chi connectivity index (χ3v) is 20.1. The lowest BCUT2D eigenvalue weighted by atomic mass is 9.79. The minimum Gasteiger partial charge on any atom is -0.497 e. The number of carbonyl (C=O) groups is 4. The van der Waals surface area contributed by atoms with E-state index in [-0.39, 0.29) is 60.2 Å². The van der Waals surface area contributed by atoms with Crippen molar-refractivity contribution in [2.75, 3.05) is 50.0 Å². The van der Waals surface area contributed by atoms with Gasteiger partial charge in [0.1, 0.15) is 55.6 Å². The Bertz CT molecular complexity index is 5910. The normalized spacial score (nSPS) is 11.2. The number of rotatable bonds is 21. The Morgan fingerprint density at radius 1 is 0.472 bits per heavy atom. The molecule has 15 rings (SSSR count). The number of nitrogen functional groups attached to an aromatic ring is 2. The SMILES string of the molecule is C.C.COc1ccc(C[C@H](N)CNc2nsc(-c3ccc4cnccc4c3)n2)cc1.COc1ccc(C[C@H](NC(=O)OC(C)(C)C)C(=O)Nc2nsc(-c3ccc4cnccc4c3)n2)cc1.COc1ccc(C[C@H](NC(=O)OC(C)(C)C)C(=O)O)cc1.F.Nc1nsc(-c2ccc3cnccc3c2)n1.Nc1nsc(Cl)n1.OB(O)c1ccc2cnccc2c1.[2HH].[B]. The number of hydrogen-bond donors (Lipinski definition) is 10. The number of ether oxygens (including phenoxy) is 5. The zero-order valence-corrected chi connectivity index (χ0v) is 72.1. The van der Waals surface area contributed by atoms with Crippen molar-refractivity contribution in [1.29, 1.82) is 0 Å². The van der Waals surface area contributed by atoms with Crippen LogP contribution in [0, 0.1) is 0 Å². The fraction of sp³-hybridized carbons (Fsp3) is 0.233. The van der Waals surface area contributed by atoms with Crippen LogP contribution in [0.1, 0.15) is 74.5 Å². The van der Waals surface area contributed by atoms with Gasteiger partial charge >= 0.3 is 25.3 Å². The van der Waals surface area contributed by atoms with E-state index in [2.05, 4.69) is 96.8 Å². The summed E-state index contributed by atoms with van der Waals surface area (Å²) in [7, 11) is 3.39. The van der Waals surface area contributed by atoms with Crippen LogP contribution in [0.4, 0.5) is 38.1 Å². The van der Waals surface area contributed by atoms with Gasteiger partial charge in [0.2, 0.25) is 34.2 Å². The second-order valence-corrected chi connectivity index (χ2v) is 32.0. The number of fused-ring (bicyclic) bond motifs is 4. The van der Waals surface area contributed by atoms with Crippen LogP contribution in [0.5, 0.6) is 17.2 Å². The standard InChI is InChI=1S/C26H27N5O4S.C21H21N5OS.C15H21NO5.C11H8N4S.C9H8BNO2.C2H2ClN3S.2CH4.B.FH.H2/c1-26(2,3)35-25(33)28-21(13-16-5-9-20(34-4)10-6-16)22(32)29-24-30-23(36-31-24)18-7-8-19-15-27-12-11-17(19)14-18;1-27-19-6-2-14(3-7-19)10-18(22)13-24-21-25-20(28-26-21)16-4-5-17-12-23-9-8-15(17)11-16;1-15(2,3)21-14(19)16-12(13(17)18)9-10-5-7-11(20-4)8-6-10;12-11-14-10(16-15-11)8-1-2-9-6-13-4-3-7(9)5-8;12-10(13)9-2-1-8-6-11-4-3-7(8)5-9;3-1-5-2(4)6-7-1;;;;;/h5-12,14-15,21H,13H2,1-4H3,(H,28,33)(H,29,31,32);2-9,11-12,18H,10,13,22H2,1H3,(H,24,26);5-8,12H,9H2,1-4H3,(H,16,19)(H,17,18);1-6H,(H2,12,15);1-6,12-13H;(H2,4,6);2*1H4;;2*1H/t21-;18-;12-;;;;;;;;/m000......../s1/i;;;;;;;;;;1+1. The molecule has 0 spiro atoms. The number of amides is 3. The number of nitrogens with zero attached hydrogens (tertiary/aromatic N) is 12. The van der Waals surface area contributed by atoms with Gasteiger partial charge in [0.25, 0.3) is 0 Å². The highest BCUT2D eigenvalue weighted by molar-refractivity contribution is 7.10. The van der Waals surface area contributed by atoms with E-state index in [0.29, 0.717) is 44.9 Å². The van der Waals surface area contributed by atoms with Crippen molar-refractivity contribution in [3.05, 3.63) is 241 Å². The lowest BCUT2D eigenvalue weighted by molar-refractivity contribution is -0.139. The van der Waals surface area contributed by atoms with Crippen molar-refractivity contribution in [3.63, 3.8) is 0 Å². The van der Waals surface area contributed by atoms with Gasteiger partial charge in [0.05, 0.1) is 21.3 Å². The largest absolute Gasteiger partial charge is 0.497 e. The minimum atomic E-state index is -1.41. The second kappa shape index (κ2) is 48.7. The van der Waals surface area contributed by atoms with Crippen LogP contribution in [0.3, 0.4) is 0 Å². The summed E-state index contributed by atoms with van der Waals surface area (Å²) in [4.78, 5) is 81.6. The van der Waals surface area contributed by atoms with Crippen molar-refractivity contribution in [3.8, 4) is 49.0 Å². The average Bonchev–Trinajstić information content (AvgIpc) is 1.59. The third-order valence-electron chi connectivity index (χ3n) is 16.9.